The van der Waals surface area contributed by atoms with Crippen LogP contribution in [0.25, 0.3) is 0 Å². The second-order valence-electron chi connectivity index (χ2n) is 16.6. The van der Waals surface area contributed by atoms with Gasteiger partial charge in [0.05, 0.1) is 38.1 Å². The fraction of sp³-hybridized carbons (Fsp3) is 0.864. The summed E-state index contributed by atoms with van der Waals surface area (Å²) in [7, 11) is -9.76. The molecule has 1 aliphatic carbocycles. The van der Waals surface area contributed by atoms with Gasteiger partial charge >= 0.3 is 27.6 Å². The minimum absolute atomic E-state index is 0.00533. The van der Waals surface area contributed by atoms with E-state index in [1.165, 1.54) is 38.5 Å². The van der Waals surface area contributed by atoms with Crippen molar-refractivity contribution in [1.29, 1.82) is 0 Å². The highest BCUT2D eigenvalue weighted by Gasteiger charge is 2.39. The fourth-order valence-corrected chi connectivity index (χ4v) is 8.48. The van der Waals surface area contributed by atoms with Crippen molar-refractivity contribution in [3.63, 3.8) is 0 Å². The molecule has 0 aromatic heterocycles. The molecule has 8 atom stereocenters. The van der Waals surface area contributed by atoms with Crippen molar-refractivity contribution >= 4 is 27.6 Å². The van der Waals surface area contributed by atoms with Crippen molar-refractivity contribution in [3.05, 3.63) is 24.3 Å². The minimum Gasteiger partial charge on any atom is -0.462 e. The first-order valence-corrected chi connectivity index (χ1v) is 26.3. The van der Waals surface area contributed by atoms with Crippen LogP contribution in [0.4, 0.5) is 0 Å². The molecule has 0 aliphatic heterocycles. The number of allylic oxidation sites excluding steroid dienone is 2. The summed E-state index contributed by atoms with van der Waals surface area (Å²) in [6.45, 7) is 1.42. The summed E-state index contributed by atoms with van der Waals surface area (Å²) in [6, 6.07) is 0. The van der Waals surface area contributed by atoms with Crippen molar-refractivity contribution in [2.24, 2.45) is 11.8 Å². The molecule has 1 unspecified atom stereocenters. The predicted molar refractivity (Wildman–Crippen MR) is 237 cm³/mol. The summed E-state index contributed by atoms with van der Waals surface area (Å²) in [6.07, 6.45) is 25.1. The van der Waals surface area contributed by atoms with Crippen LogP contribution in [0.1, 0.15) is 174 Å². The number of carbonyl (C=O) groups is 2. The third kappa shape index (κ3) is 32.2. The molecule has 1 aliphatic rings. The second-order valence-corrected chi connectivity index (χ2v) is 19.3. The lowest BCUT2D eigenvalue weighted by molar-refractivity contribution is -0.161. The Morgan fingerprint density at radius 1 is 0.645 bits per heavy atom. The summed E-state index contributed by atoms with van der Waals surface area (Å²) in [5.74, 6) is -1.56. The Balaban J connectivity index is 2.53. The zero-order valence-electron chi connectivity index (χ0n) is 37.6. The Hall–Kier alpha value is -1.52. The molecule has 62 heavy (non-hydrogen) atoms. The van der Waals surface area contributed by atoms with Gasteiger partial charge in [0.2, 0.25) is 0 Å². The molecule has 1 fully saturated rings. The standard InChI is InChI=1S/C44H82O16P2/c1-3-5-7-8-9-10-11-12-13-14-15-16-17-18-23-27-43(49)56-34-38(35-59-62(54,55)58-33-37(46)32-57-61(51,52)53)60-44(50)28-24-20-19-22-26-39-40(42(48)31-41(39)47)30-29-36(45)25-21-6-4-2/h10-11,29-30,36-42,45-48H,3-9,12-28,31-35H2,1-2H3,(H,54,55)(H2,51,52,53)/b11-10-,30-29+/t36-,37-,38+,39+,40+,41-,42+/m0/s1. The number of ether oxygens (including phenoxy) is 2. The van der Waals surface area contributed by atoms with E-state index in [9.17, 15) is 44.0 Å². The van der Waals surface area contributed by atoms with Crippen LogP contribution in [0.2, 0.25) is 0 Å². The molecule has 18 heteroatoms. The van der Waals surface area contributed by atoms with Gasteiger partial charge in [-0.1, -0.05) is 128 Å². The molecular weight excluding hydrogens is 846 g/mol. The Labute approximate surface area is 371 Å². The van der Waals surface area contributed by atoms with Gasteiger partial charge in [0.1, 0.15) is 12.7 Å². The molecule has 0 saturated heterocycles. The van der Waals surface area contributed by atoms with Crippen LogP contribution in [0.5, 0.6) is 0 Å². The van der Waals surface area contributed by atoms with Crippen molar-refractivity contribution < 1.29 is 76.9 Å². The fourth-order valence-electron chi connectivity index (χ4n) is 7.32. The molecule has 364 valence electrons. The highest BCUT2D eigenvalue weighted by atomic mass is 31.2. The first kappa shape index (κ1) is 58.5. The van der Waals surface area contributed by atoms with Crippen molar-refractivity contribution in [2.75, 3.05) is 26.4 Å². The lowest BCUT2D eigenvalue weighted by atomic mass is 9.88. The third-order valence-corrected chi connectivity index (χ3v) is 12.3. The number of phosphoric ester groups is 2. The molecule has 1 rings (SSSR count). The SMILES string of the molecule is CCCCCC/C=C\CCCCCCCCCC(=O)OC[C@H](COP(=O)(O)OC[C@@H](O)COP(=O)(O)O)OC(=O)CCCCCC[C@@H]1[C@@H](/C=C/[C@@H](O)CCCCC)[C@H](O)C[C@@H]1O. The molecule has 1 saturated carbocycles. The quantitative estimate of drug-likeness (QED) is 0.0132. The summed E-state index contributed by atoms with van der Waals surface area (Å²) < 4.78 is 47.9. The van der Waals surface area contributed by atoms with Gasteiger partial charge < -0.3 is 44.6 Å². The average molecular weight is 929 g/mol. The summed E-state index contributed by atoms with van der Waals surface area (Å²) in [5.41, 5.74) is 0. The molecule has 0 spiro atoms. The Morgan fingerprint density at radius 3 is 1.81 bits per heavy atom. The lowest BCUT2D eigenvalue weighted by Crippen LogP contribution is -2.30. The van der Waals surface area contributed by atoms with Gasteiger partial charge in [-0.15, -0.1) is 0 Å². The van der Waals surface area contributed by atoms with Crippen LogP contribution in [0.3, 0.4) is 0 Å². The molecule has 0 bridgehead atoms. The first-order valence-electron chi connectivity index (χ1n) is 23.3. The van der Waals surface area contributed by atoms with Gasteiger partial charge in [-0.3, -0.25) is 23.2 Å². The van der Waals surface area contributed by atoms with Crippen LogP contribution in [0.15, 0.2) is 24.3 Å². The molecule has 0 amide bonds. The number of phosphoric acid groups is 2. The van der Waals surface area contributed by atoms with Gasteiger partial charge in [0.25, 0.3) is 0 Å². The van der Waals surface area contributed by atoms with Gasteiger partial charge in [-0.2, -0.15) is 0 Å². The Bertz CT molecular complexity index is 1310. The maximum atomic E-state index is 12.8. The second kappa shape index (κ2) is 35.7. The number of unbranched alkanes of at least 4 members (excludes halogenated alkanes) is 16. The third-order valence-electron chi connectivity index (χ3n) is 10.9. The molecule has 16 nitrogen and oxygen atoms in total. The molecule has 0 aromatic rings. The summed E-state index contributed by atoms with van der Waals surface area (Å²) in [4.78, 5) is 53.0. The van der Waals surface area contributed by atoms with Crippen molar-refractivity contribution in [1.82, 2.24) is 0 Å². The highest BCUT2D eigenvalue weighted by Crippen LogP contribution is 2.44. The number of rotatable bonds is 40. The van der Waals surface area contributed by atoms with E-state index >= 15 is 0 Å². The smallest absolute Gasteiger partial charge is 0.462 e. The minimum atomic E-state index is -4.89. The Morgan fingerprint density at radius 2 is 1.18 bits per heavy atom. The molecule has 7 N–H and O–H groups in total. The van der Waals surface area contributed by atoms with Gasteiger partial charge in [0.15, 0.2) is 6.10 Å². The number of hydrogen-bond acceptors (Lipinski definition) is 13. The van der Waals surface area contributed by atoms with E-state index in [-0.39, 0.29) is 31.1 Å². The van der Waals surface area contributed by atoms with Gasteiger partial charge in [-0.25, -0.2) is 9.13 Å². The van der Waals surface area contributed by atoms with Crippen molar-refractivity contribution in [3.8, 4) is 0 Å². The van der Waals surface area contributed by atoms with Gasteiger partial charge in [0, 0.05) is 25.2 Å². The largest absolute Gasteiger partial charge is 0.472 e. The van der Waals surface area contributed by atoms with Crippen LogP contribution >= 0.6 is 15.6 Å². The molecule has 0 radical (unpaired) electrons. The monoisotopic (exact) mass is 929 g/mol. The van der Waals surface area contributed by atoms with Gasteiger partial charge in [-0.05, 0) is 57.3 Å². The molecule has 0 aromatic carbocycles. The van der Waals surface area contributed by atoms with Crippen LogP contribution < -0.4 is 0 Å². The van der Waals surface area contributed by atoms with Crippen LogP contribution in [0, 0.1) is 11.8 Å². The molecule has 0 heterocycles. The number of hydrogen-bond donors (Lipinski definition) is 7. The average Bonchev–Trinajstić information content (AvgIpc) is 3.49. The van der Waals surface area contributed by atoms with E-state index in [0.29, 0.717) is 32.1 Å². The highest BCUT2D eigenvalue weighted by molar-refractivity contribution is 7.47. The zero-order valence-corrected chi connectivity index (χ0v) is 39.3. The Kier molecular flexibility index (Phi) is 33.7. The molecular formula is C44H82O16P2. The van der Waals surface area contributed by atoms with E-state index in [1.807, 2.05) is 6.08 Å². The number of aliphatic hydroxyl groups is 4. The predicted octanol–water partition coefficient (Wildman–Crippen LogP) is 8.28. The van der Waals surface area contributed by atoms with Crippen LogP contribution in [-0.2, 0) is 41.8 Å². The number of esters is 2. The summed E-state index contributed by atoms with van der Waals surface area (Å²) >= 11 is 0. The van der Waals surface area contributed by atoms with E-state index < -0.39 is 84.5 Å². The topological polar surface area (TPSA) is 256 Å². The first-order chi connectivity index (χ1) is 29.6. The maximum Gasteiger partial charge on any atom is 0.472 e. The normalized spacial score (nSPS) is 20.7. The van der Waals surface area contributed by atoms with E-state index in [4.69, 9.17) is 23.8 Å². The van der Waals surface area contributed by atoms with Crippen LogP contribution in [-0.4, -0.2) is 104 Å². The van der Waals surface area contributed by atoms with E-state index in [0.717, 1.165) is 70.6 Å². The van der Waals surface area contributed by atoms with Crippen molar-refractivity contribution in [2.45, 2.75) is 205 Å². The number of aliphatic hydroxyl groups excluding tert-OH is 4. The number of carbonyl (C=O) groups excluding carboxylic acids is 2. The lowest BCUT2D eigenvalue weighted by Gasteiger charge is -2.21. The zero-order chi connectivity index (χ0) is 46.1. The maximum absolute atomic E-state index is 12.8. The van der Waals surface area contributed by atoms with E-state index in [1.54, 1.807) is 6.08 Å². The van der Waals surface area contributed by atoms with E-state index in [2.05, 4.69) is 35.0 Å². The summed E-state index contributed by atoms with van der Waals surface area (Å²) in [5, 5.41) is 41.2.